The highest BCUT2D eigenvalue weighted by Crippen LogP contribution is 2.25. The molecule has 2 N–H and O–H groups in total. The second-order valence-corrected chi connectivity index (χ2v) is 6.17. The van der Waals surface area contributed by atoms with Crippen LogP contribution >= 0.6 is 27.3 Å². The Balaban J connectivity index is 2.08. The van der Waals surface area contributed by atoms with E-state index in [-0.39, 0.29) is 0 Å². The van der Waals surface area contributed by atoms with Gasteiger partial charge in [-0.25, -0.2) is 0 Å². The number of para-hydroxylation sites is 1. The topological polar surface area (TPSA) is 32.3 Å². The van der Waals surface area contributed by atoms with Gasteiger partial charge in [-0.2, -0.15) is 0 Å². The normalized spacial score (nSPS) is 12.4. The summed E-state index contributed by atoms with van der Waals surface area (Å²) in [6.45, 7) is 2.55. The lowest BCUT2D eigenvalue weighted by molar-refractivity contribution is 0.200. The Labute approximate surface area is 113 Å². The second-order valence-electron chi connectivity index (χ2n) is 3.88. The van der Waals surface area contributed by atoms with Gasteiger partial charge in [0, 0.05) is 17.8 Å². The highest BCUT2D eigenvalue weighted by atomic mass is 79.9. The van der Waals surface area contributed by atoms with Gasteiger partial charge in [0.2, 0.25) is 0 Å². The van der Waals surface area contributed by atoms with Gasteiger partial charge in [0.05, 0.1) is 9.89 Å². The van der Waals surface area contributed by atoms with E-state index in [2.05, 4.69) is 32.7 Å². The predicted octanol–water partition coefficient (Wildman–Crippen LogP) is 4.18. The van der Waals surface area contributed by atoms with Crippen LogP contribution in [0.2, 0.25) is 0 Å². The fraction of sp³-hybridized carbons (Fsp3) is 0.231. The summed E-state index contributed by atoms with van der Waals surface area (Å²) < 4.78 is 1.14. The number of hydrogen-bond acceptors (Lipinski definition) is 3. The van der Waals surface area contributed by atoms with Gasteiger partial charge in [0.15, 0.2) is 0 Å². The van der Waals surface area contributed by atoms with E-state index < -0.39 is 6.10 Å². The maximum Gasteiger partial charge on any atom is 0.0781 e. The largest absolute Gasteiger partial charge is 0.389 e. The molecule has 0 aliphatic heterocycles. The van der Waals surface area contributed by atoms with Crippen molar-refractivity contribution in [3.63, 3.8) is 0 Å². The summed E-state index contributed by atoms with van der Waals surface area (Å²) in [6, 6.07) is 9.94. The molecule has 0 fully saturated rings. The van der Waals surface area contributed by atoms with Crippen molar-refractivity contribution in [1.29, 1.82) is 0 Å². The number of benzene rings is 1. The van der Waals surface area contributed by atoms with E-state index >= 15 is 0 Å². The smallest absolute Gasteiger partial charge is 0.0781 e. The summed E-state index contributed by atoms with van der Waals surface area (Å²) in [7, 11) is 0. The minimum Gasteiger partial charge on any atom is -0.389 e. The van der Waals surface area contributed by atoms with Crippen LogP contribution in [0.1, 0.15) is 24.2 Å². The Morgan fingerprint density at radius 3 is 2.82 bits per heavy atom. The highest BCUT2D eigenvalue weighted by Gasteiger charge is 2.06. The number of hydrogen-bond donors (Lipinski definition) is 2. The lowest BCUT2D eigenvalue weighted by Gasteiger charge is -2.13. The van der Waals surface area contributed by atoms with Gasteiger partial charge in [0.1, 0.15) is 0 Å². The number of aliphatic hydroxyl groups excluding tert-OH is 1. The Kier molecular flexibility index (Phi) is 4.20. The minimum absolute atomic E-state index is 0.451. The maximum absolute atomic E-state index is 9.66. The van der Waals surface area contributed by atoms with Gasteiger partial charge in [0.25, 0.3) is 0 Å². The Morgan fingerprint density at radius 1 is 1.41 bits per heavy atom. The van der Waals surface area contributed by atoms with Gasteiger partial charge >= 0.3 is 0 Å². The van der Waals surface area contributed by atoms with Gasteiger partial charge in [-0.15, -0.1) is 11.3 Å². The van der Waals surface area contributed by atoms with E-state index in [1.807, 2.05) is 24.3 Å². The molecule has 2 rings (SSSR count). The van der Waals surface area contributed by atoms with Crippen LogP contribution in [0.5, 0.6) is 0 Å². The van der Waals surface area contributed by atoms with Gasteiger partial charge in [-0.3, -0.25) is 0 Å². The Hall–Kier alpha value is -0.840. The molecular formula is C13H14BrNOS. The molecule has 0 bridgehead atoms. The lowest BCUT2D eigenvalue weighted by atomic mass is 10.1. The molecule has 90 valence electrons. The third kappa shape index (κ3) is 3.31. The predicted molar refractivity (Wildman–Crippen MR) is 76.4 cm³/mol. The molecule has 0 spiro atoms. The number of halogens is 1. The first-order valence-electron chi connectivity index (χ1n) is 5.40. The fourth-order valence-corrected chi connectivity index (χ4v) is 2.87. The molecular weight excluding hydrogens is 298 g/mol. The van der Waals surface area contributed by atoms with Crippen LogP contribution in [0.15, 0.2) is 39.5 Å². The number of thiophene rings is 1. The van der Waals surface area contributed by atoms with Gasteiger partial charge < -0.3 is 10.4 Å². The molecule has 0 radical (unpaired) electrons. The maximum atomic E-state index is 9.66. The summed E-state index contributed by atoms with van der Waals surface area (Å²) in [5, 5.41) is 15.1. The quantitative estimate of drug-likeness (QED) is 0.888. The van der Waals surface area contributed by atoms with Crippen molar-refractivity contribution >= 4 is 33.0 Å². The molecule has 17 heavy (non-hydrogen) atoms. The Morgan fingerprint density at radius 2 is 2.18 bits per heavy atom. The first kappa shape index (κ1) is 12.6. The highest BCUT2D eigenvalue weighted by molar-refractivity contribution is 9.11. The first-order chi connectivity index (χ1) is 8.16. The van der Waals surface area contributed by atoms with Crippen LogP contribution in [0.3, 0.4) is 0 Å². The molecule has 0 aliphatic rings. The van der Waals surface area contributed by atoms with Crippen LogP contribution in [-0.4, -0.2) is 5.11 Å². The van der Waals surface area contributed by atoms with Crippen LogP contribution in [0, 0.1) is 0 Å². The van der Waals surface area contributed by atoms with E-state index in [4.69, 9.17) is 0 Å². The van der Waals surface area contributed by atoms with Gasteiger partial charge in [-0.1, -0.05) is 18.2 Å². The molecule has 1 heterocycles. The minimum atomic E-state index is -0.451. The van der Waals surface area contributed by atoms with Crippen LogP contribution in [-0.2, 0) is 6.54 Å². The van der Waals surface area contributed by atoms with Crippen molar-refractivity contribution in [2.45, 2.75) is 19.6 Å². The summed E-state index contributed by atoms with van der Waals surface area (Å²) >= 11 is 5.12. The molecule has 1 atom stereocenters. The lowest BCUT2D eigenvalue weighted by Crippen LogP contribution is -2.03. The molecule has 1 aromatic carbocycles. The molecule has 1 aromatic heterocycles. The molecule has 2 aromatic rings. The van der Waals surface area contributed by atoms with E-state index in [1.165, 1.54) is 5.56 Å². The number of anilines is 1. The second kappa shape index (κ2) is 5.67. The third-order valence-electron chi connectivity index (χ3n) is 2.52. The standard InChI is InChI=1S/C13H14BrNOS/c1-9(16)11-4-2-3-5-12(11)15-7-10-6-13(14)17-8-10/h2-6,8-9,15-16H,7H2,1H3. The van der Waals surface area contributed by atoms with Crippen LogP contribution < -0.4 is 5.32 Å². The van der Waals surface area contributed by atoms with Gasteiger partial charge in [-0.05, 0) is 45.9 Å². The van der Waals surface area contributed by atoms with E-state index in [0.29, 0.717) is 0 Å². The number of nitrogens with one attached hydrogen (secondary N) is 1. The molecule has 2 nitrogen and oxygen atoms in total. The van der Waals surface area contributed by atoms with E-state index in [0.717, 1.165) is 21.6 Å². The summed E-state index contributed by atoms with van der Waals surface area (Å²) in [4.78, 5) is 0. The molecule has 1 unspecified atom stereocenters. The summed E-state index contributed by atoms with van der Waals surface area (Å²) in [6.07, 6.45) is -0.451. The van der Waals surface area contributed by atoms with E-state index in [1.54, 1.807) is 18.3 Å². The molecule has 0 saturated heterocycles. The van der Waals surface area contributed by atoms with Crippen molar-refractivity contribution in [3.8, 4) is 0 Å². The summed E-state index contributed by atoms with van der Waals surface area (Å²) in [5.41, 5.74) is 3.16. The summed E-state index contributed by atoms with van der Waals surface area (Å²) in [5.74, 6) is 0. The van der Waals surface area contributed by atoms with Crippen molar-refractivity contribution in [3.05, 3.63) is 50.6 Å². The number of aliphatic hydroxyl groups is 1. The zero-order valence-electron chi connectivity index (χ0n) is 9.48. The average molecular weight is 312 g/mol. The van der Waals surface area contributed by atoms with Crippen molar-refractivity contribution < 1.29 is 5.11 Å². The molecule has 0 saturated carbocycles. The monoisotopic (exact) mass is 311 g/mol. The van der Waals surface area contributed by atoms with Crippen molar-refractivity contribution in [2.75, 3.05) is 5.32 Å². The third-order valence-corrected chi connectivity index (χ3v) is 4.07. The number of rotatable bonds is 4. The molecule has 0 aliphatic carbocycles. The average Bonchev–Trinajstić information content (AvgIpc) is 2.73. The van der Waals surface area contributed by atoms with Crippen molar-refractivity contribution in [1.82, 2.24) is 0 Å². The van der Waals surface area contributed by atoms with E-state index in [9.17, 15) is 5.11 Å². The molecule has 0 amide bonds. The molecule has 4 heteroatoms. The Bertz CT molecular complexity index is 496. The fourth-order valence-electron chi connectivity index (χ4n) is 1.66. The van der Waals surface area contributed by atoms with Crippen LogP contribution in [0.4, 0.5) is 5.69 Å². The van der Waals surface area contributed by atoms with Crippen molar-refractivity contribution in [2.24, 2.45) is 0 Å². The first-order valence-corrected chi connectivity index (χ1v) is 7.08. The SMILES string of the molecule is CC(O)c1ccccc1NCc1csc(Br)c1. The van der Waals surface area contributed by atoms with Crippen LogP contribution in [0.25, 0.3) is 0 Å². The zero-order valence-corrected chi connectivity index (χ0v) is 11.9. The zero-order chi connectivity index (χ0) is 12.3.